The maximum Gasteiger partial charge on any atom is 0.258 e. The number of rotatable bonds is 3. The quantitative estimate of drug-likeness (QED) is 0.440. The highest BCUT2D eigenvalue weighted by molar-refractivity contribution is 5.95. The van der Waals surface area contributed by atoms with Crippen LogP contribution in [0, 0.1) is 0 Å². The number of anilines is 1. The lowest BCUT2D eigenvalue weighted by Gasteiger charge is -2.35. The lowest BCUT2D eigenvalue weighted by atomic mass is 10.1. The van der Waals surface area contributed by atoms with Crippen molar-refractivity contribution in [1.82, 2.24) is 24.8 Å². The Morgan fingerprint density at radius 1 is 1.00 bits per heavy atom. The lowest BCUT2D eigenvalue weighted by Crippen LogP contribution is -2.49. The molecule has 4 aromatic rings. The number of nitrogens with one attached hydrogen (secondary N) is 1. The molecule has 39 heavy (non-hydrogen) atoms. The third-order valence-electron chi connectivity index (χ3n) is 6.95. The molecule has 2 aliphatic rings. The second-order valence-electron chi connectivity index (χ2n) is 9.41. The molecule has 0 spiro atoms. The number of carbonyl (C=O) groups excluding carboxylic acids is 2. The van der Waals surface area contributed by atoms with Crippen LogP contribution < -0.4 is 19.7 Å². The minimum absolute atomic E-state index is 0.0499. The summed E-state index contributed by atoms with van der Waals surface area (Å²) in [6.45, 7) is 2.68. The summed E-state index contributed by atoms with van der Waals surface area (Å²) in [4.78, 5) is 39.3. The second-order valence-corrected chi connectivity index (χ2v) is 9.41. The van der Waals surface area contributed by atoms with Gasteiger partial charge in [-0.25, -0.2) is 9.97 Å². The van der Waals surface area contributed by atoms with E-state index in [4.69, 9.17) is 9.47 Å². The molecule has 2 amide bonds. The Labute approximate surface area is 225 Å². The first-order valence-electron chi connectivity index (χ1n) is 12.8. The van der Waals surface area contributed by atoms with Crippen LogP contribution in [0.4, 0.5) is 5.82 Å². The zero-order valence-corrected chi connectivity index (χ0v) is 21.5. The summed E-state index contributed by atoms with van der Waals surface area (Å²) in [6, 6.07) is 17.0. The highest BCUT2D eigenvalue weighted by Crippen LogP contribution is 2.33. The maximum atomic E-state index is 13.7. The number of benzene rings is 2. The van der Waals surface area contributed by atoms with Gasteiger partial charge < -0.3 is 24.6 Å². The van der Waals surface area contributed by atoms with E-state index in [1.807, 2.05) is 58.1 Å². The largest absolute Gasteiger partial charge is 0.493 e. The van der Waals surface area contributed by atoms with Crippen LogP contribution in [-0.4, -0.2) is 71.1 Å². The molecule has 0 unspecified atom stereocenters. The normalized spacial score (nSPS) is 15.2. The maximum absolute atomic E-state index is 13.7. The zero-order chi connectivity index (χ0) is 26.8. The van der Waals surface area contributed by atoms with Crippen molar-refractivity contribution in [1.29, 1.82) is 0 Å². The molecular weight excluding hydrogens is 496 g/mol. The van der Waals surface area contributed by atoms with E-state index in [0.717, 1.165) is 22.6 Å². The van der Waals surface area contributed by atoms with Gasteiger partial charge in [0.1, 0.15) is 11.6 Å². The van der Waals surface area contributed by atoms with Crippen molar-refractivity contribution in [2.45, 2.75) is 6.54 Å². The molecular formula is C29H28N6O4. The molecule has 10 nitrogen and oxygen atoms in total. The van der Waals surface area contributed by atoms with Crippen molar-refractivity contribution in [2.75, 3.05) is 44.8 Å². The molecule has 10 heteroatoms. The van der Waals surface area contributed by atoms with Crippen LogP contribution >= 0.6 is 0 Å². The van der Waals surface area contributed by atoms with Crippen molar-refractivity contribution >= 4 is 17.6 Å². The minimum atomic E-state index is -0.275. The number of aromatic nitrogens is 3. The minimum Gasteiger partial charge on any atom is -0.493 e. The predicted molar refractivity (Wildman–Crippen MR) is 145 cm³/mol. The number of carbonyl (C=O) groups is 2. The fourth-order valence-corrected chi connectivity index (χ4v) is 4.95. The van der Waals surface area contributed by atoms with Gasteiger partial charge in [0.25, 0.3) is 11.8 Å². The van der Waals surface area contributed by atoms with E-state index in [9.17, 15) is 9.59 Å². The highest BCUT2D eigenvalue weighted by Gasteiger charge is 2.24. The van der Waals surface area contributed by atoms with E-state index in [0.29, 0.717) is 49.1 Å². The van der Waals surface area contributed by atoms with Gasteiger partial charge in [-0.05, 0) is 54.1 Å². The fourth-order valence-electron chi connectivity index (χ4n) is 4.95. The Bertz CT molecular complexity index is 1510. The van der Waals surface area contributed by atoms with E-state index in [-0.39, 0.29) is 25.0 Å². The van der Waals surface area contributed by atoms with Gasteiger partial charge in [-0.1, -0.05) is 6.07 Å². The van der Waals surface area contributed by atoms with Crippen LogP contribution in [0.2, 0.25) is 0 Å². The van der Waals surface area contributed by atoms with Crippen molar-refractivity contribution in [2.24, 2.45) is 0 Å². The van der Waals surface area contributed by atoms with Gasteiger partial charge in [0.15, 0.2) is 18.1 Å². The van der Waals surface area contributed by atoms with Gasteiger partial charge in [-0.2, -0.15) is 0 Å². The molecule has 1 N–H and O–H groups in total. The molecule has 1 saturated heterocycles. The Morgan fingerprint density at radius 3 is 2.67 bits per heavy atom. The van der Waals surface area contributed by atoms with Crippen LogP contribution in [-0.2, 0) is 11.3 Å². The van der Waals surface area contributed by atoms with E-state index in [1.54, 1.807) is 31.6 Å². The van der Waals surface area contributed by atoms with Crippen LogP contribution in [0.15, 0.2) is 73.2 Å². The van der Waals surface area contributed by atoms with E-state index >= 15 is 0 Å². The fraction of sp³-hybridized carbons (Fsp3) is 0.241. The van der Waals surface area contributed by atoms with Crippen LogP contribution in [0.5, 0.6) is 11.5 Å². The molecule has 0 saturated carbocycles. The highest BCUT2D eigenvalue weighted by atomic mass is 16.5. The van der Waals surface area contributed by atoms with Gasteiger partial charge in [0.05, 0.1) is 7.11 Å². The predicted octanol–water partition coefficient (Wildman–Crippen LogP) is 2.91. The molecule has 0 aliphatic carbocycles. The molecule has 2 aromatic heterocycles. The zero-order valence-electron chi connectivity index (χ0n) is 21.5. The van der Waals surface area contributed by atoms with Crippen LogP contribution in [0.3, 0.4) is 0 Å². The van der Waals surface area contributed by atoms with E-state index < -0.39 is 0 Å². The van der Waals surface area contributed by atoms with Gasteiger partial charge in [-0.15, -0.1) is 0 Å². The number of amides is 2. The first-order chi connectivity index (χ1) is 19.1. The number of imidazole rings is 1. The van der Waals surface area contributed by atoms with Crippen molar-refractivity contribution in [3.63, 3.8) is 0 Å². The molecule has 2 aromatic carbocycles. The Hall–Kier alpha value is -4.86. The van der Waals surface area contributed by atoms with Crippen LogP contribution in [0.25, 0.3) is 17.1 Å². The van der Waals surface area contributed by atoms with Gasteiger partial charge in [0.2, 0.25) is 0 Å². The number of hydrogen-bond donors (Lipinski definition) is 1. The monoisotopic (exact) mass is 524 g/mol. The SMILES string of the molecule is COc1ccc2cc1OCC(=O)NCc1cc(C(=O)N3CCN(c4ccccn4)CC3)cc(c1)-n1ccnc1-2. The third-order valence-corrected chi connectivity index (χ3v) is 6.95. The average Bonchev–Trinajstić information content (AvgIpc) is 3.49. The van der Waals surface area contributed by atoms with Gasteiger partial charge in [-0.3, -0.25) is 14.2 Å². The van der Waals surface area contributed by atoms with Gasteiger partial charge >= 0.3 is 0 Å². The summed E-state index contributed by atoms with van der Waals surface area (Å²) in [5.41, 5.74) is 2.94. The molecule has 4 bridgehead atoms. The smallest absolute Gasteiger partial charge is 0.258 e. The number of fused-ring (bicyclic) bond motifs is 7. The van der Waals surface area contributed by atoms with E-state index in [2.05, 4.69) is 20.2 Å². The number of ether oxygens (including phenoxy) is 2. The Kier molecular flexibility index (Phi) is 6.58. The summed E-state index contributed by atoms with van der Waals surface area (Å²) in [5.74, 6) is 2.25. The van der Waals surface area contributed by atoms with Crippen molar-refractivity contribution < 1.29 is 19.1 Å². The summed E-state index contributed by atoms with van der Waals surface area (Å²) in [6.07, 6.45) is 5.36. The van der Waals surface area contributed by atoms with E-state index in [1.165, 1.54) is 0 Å². The Morgan fingerprint density at radius 2 is 1.87 bits per heavy atom. The topological polar surface area (TPSA) is 102 Å². The molecule has 0 atom stereocenters. The molecule has 2 aliphatic heterocycles. The number of methoxy groups -OCH3 is 1. The summed E-state index contributed by atoms with van der Waals surface area (Å²) in [5, 5.41) is 2.89. The van der Waals surface area contributed by atoms with Gasteiger partial charge in [0, 0.05) is 68.1 Å². The number of piperazine rings is 1. The first-order valence-corrected chi connectivity index (χ1v) is 12.8. The average molecular weight is 525 g/mol. The third kappa shape index (κ3) is 5.00. The number of nitrogens with zero attached hydrogens (tertiary/aromatic N) is 5. The molecule has 198 valence electrons. The molecule has 0 radical (unpaired) electrons. The summed E-state index contributed by atoms with van der Waals surface area (Å²) in [7, 11) is 1.55. The molecule has 6 rings (SSSR count). The van der Waals surface area contributed by atoms with Crippen molar-refractivity contribution in [3.8, 4) is 28.6 Å². The Balaban J connectivity index is 1.33. The summed E-state index contributed by atoms with van der Waals surface area (Å²) >= 11 is 0. The molecule has 4 heterocycles. The molecule has 1 fully saturated rings. The second kappa shape index (κ2) is 10.5. The first kappa shape index (κ1) is 24.5. The number of pyridine rings is 1. The van der Waals surface area contributed by atoms with Crippen molar-refractivity contribution in [3.05, 3.63) is 84.3 Å². The van der Waals surface area contributed by atoms with Crippen LogP contribution in [0.1, 0.15) is 15.9 Å². The standard InChI is InChI=1S/C29H28N6O4/c1-38-24-6-5-21-17-25(24)39-19-27(36)32-18-20-14-22(16-23(15-20)35-9-8-31-28(21)35)29(37)34-12-10-33(11-13-34)26-4-2-3-7-30-26/h2-9,14-17H,10-13,18-19H2,1H3,(H,32,36). The number of hydrogen-bond acceptors (Lipinski definition) is 7. The lowest BCUT2D eigenvalue weighted by molar-refractivity contribution is -0.123. The summed E-state index contributed by atoms with van der Waals surface area (Å²) < 4.78 is 13.1.